The number of pyridine rings is 1. The van der Waals surface area contributed by atoms with Gasteiger partial charge in [-0.15, -0.1) is 0 Å². The van der Waals surface area contributed by atoms with Crippen molar-refractivity contribution in [1.82, 2.24) is 14.5 Å². The SMILES string of the molecule is CCCCCn1c(-c2ccco2)nc2c(N(C)CCCO)ccnc21. The molecule has 6 nitrogen and oxygen atoms in total. The van der Waals surface area contributed by atoms with Crippen LogP contribution in [0.2, 0.25) is 0 Å². The van der Waals surface area contributed by atoms with Crippen LogP contribution in [0, 0.1) is 0 Å². The summed E-state index contributed by atoms with van der Waals surface area (Å²) >= 11 is 0. The number of fused-ring (bicyclic) bond motifs is 1. The van der Waals surface area contributed by atoms with Crippen molar-refractivity contribution in [1.29, 1.82) is 0 Å². The highest BCUT2D eigenvalue weighted by atomic mass is 16.3. The van der Waals surface area contributed by atoms with Crippen molar-refractivity contribution >= 4 is 16.9 Å². The molecule has 0 unspecified atom stereocenters. The molecule has 0 aromatic carbocycles. The van der Waals surface area contributed by atoms with Crippen molar-refractivity contribution in [2.24, 2.45) is 0 Å². The third-order valence-corrected chi connectivity index (χ3v) is 4.40. The minimum Gasteiger partial charge on any atom is -0.461 e. The van der Waals surface area contributed by atoms with E-state index in [0.717, 1.165) is 54.4 Å². The second kappa shape index (κ2) is 8.16. The molecule has 0 fully saturated rings. The first kappa shape index (κ1) is 17.5. The van der Waals surface area contributed by atoms with Gasteiger partial charge in [0.05, 0.1) is 12.0 Å². The predicted molar refractivity (Wildman–Crippen MR) is 99.7 cm³/mol. The Labute approximate surface area is 148 Å². The first-order valence-corrected chi connectivity index (χ1v) is 8.97. The number of furan rings is 1. The van der Waals surface area contributed by atoms with Crippen LogP contribution in [0.5, 0.6) is 0 Å². The lowest BCUT2D eigenvalue weighted by atomic mass is 10.2. The first-order valence-electron chi connectivity index (χ1n) is 8.97. The third kappa shape index (κ3) is 3.69. The van der Waals surface area contributed by atoms with Crippen LogP contribution in [0.3, 0.4) is 0 Å². The number of aliphatic hydroxyl groups excluding tert-OH is 1. The Kier molecular flexibility index (Phi) is 5.71. The molecular formula is C19H26N4O2. The number of nitrogens with zero attached hydrogens (tertiary/aromatic N) is 4. The predicted octanol–water partition coefficient (Wildman–Crippen LogP) is 3.70. The number of aryl methyl sites for hydroxylation is 1. The van der Waals surface area contributed by atoms with E-state index < -0.39 is 0 Å². The molecule has 0 atom stereocenters. The minimum atomic E-state index is 0.182. The zero-order valence-electron chi connectivity index (χ0n) is 15.0. The van der Waals surface area contributed by atoms with Crippen LogP contribution in [0.15, 0.2) is 35.1 Å². The van der Waals surface area contributed by atoms with Crippen LogP contribution < -0.4 is 4.90 Å². The van der Waals surface area contributed by atoms with Gasteiger partial charge in [0.25, 0.3) is 0 Å². The zero-order chi connectivity index (χ0) is 17.6. The maximum Gasteiger partial charge on any atom is 0.178 e. The maximum absolute atomic E-state index is 9.10. The Morgan fingerprint density at radius 2 is 2.12 bits per heavy atom. The lowest BCUT2D eigenvalue weighted by Crippen LogP contribution is -2.19. The van der Waals surface area contributed by atoms with E-state index in [1.807, 2.05) is 31.4 Å². The highest BCUT2D eigenvalue weighted by molar-refractivity contribution is 5.88. The number of aromatic nitrogens is 3. The van der Waals surface area contributed by atoms with E-state index in [4.69, 9.17) is 14.5 Å². The smallest absolute Gasteiger partial charge is 0.178 e. The van der Waals surface area contributed by atoms with Crippen LogP contribution >= 0.6 is 0 Å². The van der Waals surface area contributed by atoms with Gasteiger partial charge in [-0.05, 0) is 31.0 Å². The van der Waals surface area contributed by atoms with Gasteiger partial charge in [-0.2, -0.15) is 0 Å². The van der Waals surface area contributed by atoms with Crippen LogP contribution in [0.25, 0.3) is 22.7 Å². The molecule has 1 N–H and O–H groups in total. The lowest BCUT2D eigenvalue weighted by molar-refractivity contribution is 0.290. The molecule has 6 heteroatoms. The van der Waals surface area contributed by atoms with E-state index in [1.54, 1.807) is 6.26 Å². The molecular weight excluding hydrogens is 316 g/mol. The van der Waals surface area contributed by atoms with Crippen molar-refractivity contribution in [3.05, 3.63) is 30.7 Å². The number of aliphatic hydroxyl groups is 1. The molecule has 0 saturated heterocycles. The fraction of sp³-hybridized carbons (Fsp3) is 0.474. The van der Waals surface area contributed by atoms with E-state index in [0.29, 0.717) is 0 Å². The summed E-state index contributed by atoms with van der Waals surface area (Å²) in [6.45, 7) is 4.03. The molecule has 3 aromatic rings. The molecule has 134 valence electrons. The van der Waals surface area contributed by atoms with Gasteiger partial charge in [-0.3, -0.25) is 0 Å². The average molecular weight is 342 g/mol. The largest absolute Gasteiger partial charge is 0.461 e. The Morgan fingerprint density at radius 1 is 1.24 bits per heavy atom. The summed E-state index contributed by atoms with van der Waals surface area (Å²) in [7, 11) is 2.02. The fourth-order valence-electron chi connectivity index (χ4n) is 3.07. The van der Waals surface area contributed by atoms with Crippen LogP contribution in [-0.2, 0) is 6.54 Å². The third-order valence-electron chi connectivity index (χ3n) is 4.40. The number of unbranched alkanes of at least 4 members (excludes halogenated alkanes) is 2. The molecule has 0 spiro atoms. The van der Waals surface area contributed by atoms with Crippen molar-refractivity contribution in [3.63, 3.8) is 0 Å². The molecule has 0 radical (unpaired) electrons. The molecule has 25 heavy (non-hydrogen) atoms. The van der Waals surface area contributed by atoms with Gasteiger partial charge in [0, 0.05) is 32.9 Å². The van der Waals surface area contributed by atoms with Gasteiger partial charge in [0.15, 0.2) is 17.2 Å². The lowest BCUT2D eigenvalue weighted by Gasteiger charge is -2.18. The number of anilines is 1. The summed E-state index contributed by atoms with van der Waals surface area (Å²) in [5.74, 6) is 1.59. The van der Waals surface area contributed by atoms with Crippen molar-refractivity contribution in [3.8, 4) is 11.6 Å². The van der Waals surface area contributed by atoms with Gasteiger partial charge in [-0.25, -0.2) is 9.97 Å². The summed E-state index contributed by atoms with van der Waals surface area (Å²) < 4.78 is 7.76. The molecule has 0 saturated carbocycles. The van der Waals surface area contributed by atoms with Gasteiger partial charge >= 0.3 is 0 Å². The Balaban J connectivity index is 2.05. The van der Waals surface area contributed by atoms with E-state index in [9.17, 15) is 0 Å². The van der Waals surface area contributed by atoms with E-state index >= 15 is 0 Å². The van der Waals surface area contributed by atoms with E-state index in [2.05, 4.69) is 21.4 Å². The second-order valence-electron chi connectivity index (χ2n) is 6.27. The summed E-state index contributed by atoms with van der Waals surface area (Å²) in [5.41, 5.74) is 2.79. The minimum absolute atomic E-state index is 0.182. The van der Waals surface area contributed by atoms with Gasteiger partial charge in [0.2, 0.25) is 0 Å². The van der Waals surface area contributed by atoms with Gasteiger partial charge < -0.3 is 19.0 Å². The summed E-state index contributed by atoms with van der Waals surface area (Å²) in [6, 6.07) is 5.80. The number of hydrogen-bond donors (Lipinski definition) is 1. The maximum atomic E-state index is 9.10. The Hall–Kier alpha value is -2.34. The quantitative estimate of drug-likeness (QED) is 0.601. The molecule has 3 rings (SSSR count). The number of imidazole rings is 1. The van der Waals surface area contributed by atoms with Gasteiger partial charge in [0.1, 0.15) is 5.52 Å². The second-order valence-corrected chi connectivity index (χ2v) is 6.27. The summed E-state index contributed by atoms with van der Waals surface area (Å²) in [6.07, 6.45) is 7.66. The van der Waals surface area contributed by atoms with Crippen LogP contribution in [0.4, 0.5) is 5.69 Å². The molecule has 0 aliphatic heterocycles. The molecule has 0 bridgehead atoms. The van der Waals surface area contributed by atoms with Crippen molar-refractivity contribution < 1.29 is 9.52 Å². The van der Waals surface area contributed by atoms with E-state index in [1.165, 1.54) is 12.8 Å². The monoisotopic (exact) mass is 342 g/mol. The molecule has 0 amide bonds. The highest BCUT2D eigenvalue weighted by Crippen LogP contribution is 2.30. The summed E-state index contributed by atoms with van der Waals surface area (Å²) in [5, 5.41) is 9.10. The van der Waals surface area contributed by atoms with Crippen molar-refractivity contribution in [2.45, 2.75) is 39.2 Å². The van der Waals surface area contributed by atoms with Crippen LogP contribution in [0.1, 0.15) is 32.6 Å². The van der Waals surface area contributed by atoms with Crippen LogP contribution in [-0.4, -0.2) is 39.8 Å². The van der Waals surface area contributed by atoms with Crippen molar-refractivity contribution in [2.75, 3.05) is 25.1 Å². The first-order chi connectivity index (χ1) is 12.3. The molecule has 0 aliphatic carbocycles. The highest BCUT2D eigenvalue weighted by Gasteiger charge is 2.19. The standard InChI is InChI=1S/C19H26N4O2/c1-3-4-5-12-23-18(16-8-6-14-25-16)21-17-15(9-10-20-19(17)23)22(2)11-7-13-24/h6,8-10,14,24H,3-5,7,11-13H2,1-2H3. The number of hydrogen-bond acceptors (Lipinski definition) is 5. The Morgan fingerprint density at radius 3 is 2.84 bits per heavy atom. The van der Waals surface area contributed by atoms with Gasteiger partial charge in [-0.1, -0.05) is 19.8 Å². The fourth-order valence-corrected chi connectivity index (χ4v) is 3.07. The molecule has 3 heterocycles. The zero-order valence-corrected chi connectivity index (χ0v) is 15.0. The normalized spacial score (nSPS) is 11.3. The van der Waals surface area contributed by atoms with E-state index in [-0.39, 0.29) is 6.61 Å². The number of rotatable bonds is 9. The topological polar surface area (TPSA) is 67.3 Å². The summed E-state index contributed by atoms with van der Waals surface area (Å²) in [4.78, 5) is 11.6. The average Bonchev–Trinajstić information content (AvgIpc) is 3.27. The Bertz CT molecular complexity index is 795. The molecule has 3 aromatic heterocycles. The molecule has 0 aliphatic rings.